The molecule has 3 N–H and O–H groups in total. The van der Waals surface area contributed by atoms with Gasteiger partial charge in [-0.15, -0.1) is 35.3 Å². The minimum atomic E-state index is 0. The number of aryl methyl sites for hydroxylation is 1. The number of fused-ring (bicyclic) bond motifs is 1. The van der Waals surface area contributed by atoms with Crippen molar-refractivity contribution in [3.8, 4) is 0 Å². The van der Waals surface area contributed by atoms with E-state index in [9.17, 15) is 0 Å². The molecular weight excluding hydrogens is 443 g/mol. The molecule has 0 saturated heterocycles. The number of nitrogens with one attached hydrogen (secondary N) is 1. The van der Waals surface area contributed by atoms with Gasteiger partial charge in [-0.3, -0.25) is 9.89 Å². The van der Waals surface area contributed by atoms with Crippen molar-refractivity contribution in [2.45, 2.75) is 39.3 Å². The first-order valence-electron chi connectivity index (χ1n) is 8.61. The summed E-state index contributed by atoms with van der Waals surface area (Å²) in [6.07, 6.45) is 2.20. The minimum Gasteiger partial charge on any atom is -0.370 e. The SMILES string of the molecule is CCc1ccc(NC(N)=NCC(C)N2CCc3sccc3C2)cc1.I. The fourth-order valence-electron chi connectivity index (χ4n) is 3.00. The lowest BCUT2D eigenvalue weighted by atomic mass is 10.1. The van der Waals surface area contributed by atoms with Crippen molar-refractivity contribution in [2.75, 3.05) is 18.4 Å². The molecule has 1 aromatic heterocycles. The quantitative estimate of drug-likeness (QED) is 0.393. The van der Waals surface area contributed by atoms with Crippen molar-refractivity contribution in [3.63, 3.8) is 0 Å². The number of halogens is 1. The number of nitrogens with two attached hydrogens (primary N) is 1. The molecule has 2 aromatic rings. The highest BCUT2D eigenvalue weighted by molar-refractivity contribution is 14.0. The number of aliphatic imine (C=N–C) groups is 1. The third kappa shape index (κ3) is 5.43. The van der Waals surface area contributed by atoms with Gasteiger partial charge in [-0.25, -0.2) is 0 Å². The predicted octanol–water partition coefficient (Wildman–Crippen LogP) is 4.10. The largest absolute Gasteiger partial charge is 0.370 e. The van der Waals surface area contributed by atoms with Gasteiger partial charge in [-0.05, 0) is 54.5 Å². The first kappa shape index (κ1) is 20.2. The van der Waals surface area contributed by atoms with Crippen molar-refractivity contribution in [3.05, 3.63) is 51.7 Å². The second kappa shape index (κ2) is 9.54. The van der Waals surface area contributed by atoms with E-state index >= 15 is 0 Å². The number of benzene rings is 1. The summed E-state index contributed by atoms with van der Waals surface area (Å²) in [6, 6.07) is 11.0. The molecular formula is C19H27IN4S. The fraction of sp³-hybridized carbons (Fsp3) is 0.421. The average Bonchev–Trinajstić information content (AvgIpc) is 3.08. The molecule has 136 valence electrons. The van der Waals surface area contributed by atoms with E-state index in [1.807, 2.05) is 23.5 Å². The molecule has 1 aliphatic heterocycles. The van der Waals surface area contributed by atoms with E-state index in [1.165, 1.54) is 11.1 Å². The molecule has 1 atom stereocenters. The number of guanidine groups is 1. The van der Waals surface area contributed by atoms with Crippen molar-refractivity contribution in [1.82, 2.24) is 4.90 Å². The highest BCUT2D eigenvalue weighted by atomic mass is 127. The smallest absolute Gasteiger partial charge is 0.193 e. The Labute approximate surface area is 171 Å². The fourth-order valence-corrected chi connectivity index (χ4v) is 3.89. The molecule has 1 unspecified atom stereocenters. The Hall–Kier alpha value is -1.12. The van der Waals surface area contributed by atoms with Crippen LogP contribution in [0.25, 0.3) is 0 Å². The molecule has 0 spiro atoms. The van der Waals surface area contributed by atoms with Crippen molar-refractivity contribution in [1.29, 1.82) is 0 Å². The zero-order chi connectivity index (χ0) is 16.9. The van der Waals surface area contributed by atoms with Gasteiger partial charge in [-0.2, -0.15) is 0 Å². The van der Waals surface area contributed by atoms with Crippen molar-refractivity contribution >= 4 is 47.0 Å². The van der Waals surface area contributed by atoms with Gasteiger partial charge in [0.15, 0.2) is 5.96 Å². The second-order valence-electron chi connectivity index (χ2n) is 6.34. The summed E-state index contributed by atoms with van der Waals surface area (Å²) in [5.74, 6) is 0.485. The Morgan fingerprint density at radius 2 is 2.08 bits per heavy atom. The molecule has 0 bridgehead atoms. The van der Waals surface area contributed by atoms with Gasteiger partial charge >= 0.3 is 0 Å². The summed E-state index contributed by atoms with van der Waals surface area (Å²) in [7, 11) is 0. The van der Waals surface area contributed by atoms with Crippen LogP contribution >= 0.6 is 35.3 Å². The van der Waals surface area contributed by atoms with Gasteiger partial charge in [0.05, 0.1) is 6.54 Å². The van der Waals surface area contributed by atoms with Crippen molar-refractivity contribution in [2.24, 2.45) is 10.7 Å². The van der Waals surface area contributed by atoms with Gasteiger partial charge < -0.3 is 11.1 Å². The van der Waals surface area contributed by atoms with Crippen LogP contribution in [0, 0.1) is 0 Å². The standard InChI is InChI=1S/C19H26N4S.HI/c1-3-15-4-6-17(7-5-15)22-19(20)21-12-14(2)23-10-8-18-16(13-23)9-11-24-18;/h4-7,9,11,14H,3,8,10,12-13H2,1-2H3,(H3,20,21,22);1H. The van der Waals surface area contributed by atoms with Gasteiger partial charge in [0.1, 0.15) is 0 Å². The van der Waals surface area contributed by atoms with Gasteiger partial charge in [-0.1, -0.05) is 19.1 Å². The summed E-state index contributed by atoms with van der Waals surface area (Å²) < 4.78 is 0. The Morgan fingerprint density at radius 3 is 2.80 bits per heavy atom. The highest BCUT2D eigenvalue weighted by Crippen LogP contribution is 2.25. The van der Waals surface area contributed by atoms with Crippen LogP contribution in [0.4, 0.5) is 5.69 Å². The lowest BCUT2D eigenvalue weighted by Crippen LogP contribution is -2.39. The number of hydrogen-bond acceptors (Lipinski definition) is 3. The Morgan fingerprint density at radius 1 is 1.32 bits per heavy atom. The van der Waals surface area contributed by atoms with Gasteiger partial charge in [0.25, 0.3) is 0 Å². The summed E-state index contributed by atoms with van der Waals surface area (Å²) in [6.45, 7) is 7.23. The van der Waals surface area contributed by atoms with Crippen LogP contribution < -0.4 is 11.1 Å². The molecule has 0 amide bonds. The van der Waals surface area contributed by atoms with Crippen LogP contribution in [0.15, 0.2) is 40.7 Å². The lowest BCUT2D eigenvalue weighted by molar-refractivity contribution is 0.197. The zero-order valence-electron chi connectivity index (χ0n) is 14.9. The Kier molecular flexibility index (Phi) is 7.71. The van der Waals surface area contributed by atoms with E-state index in [0.29, 0.717) is 18.5 Å². The molecule has 4 nitrogen and oxygen atoms in total. The number of nitrogens with zero attached hydrogens (tertiary/aromatic N) is 2. The summed E-state index contributed by atoms with van der Waals surface area (Å²) in [4.78, 5) is 8.55. The number of anilines is 1. The molecule has 0 fully saturated rings. The van der Waals surface area contributed by atoms with Crippen molar-refractivity contribution < 1.29 is 0 Å². The van der Waals surface area contributed by atoms with Crippen LogP contribution in [-0.2, 0) is 19.4 Å². The summed E-state index contributed by atoms with van der Waals surface area (Å²) in [5, 5.41) is 5.37. The van der Waals surface area contributed by atoms with Crippen LogP contribution in [0.2, 0.25) is 0 Å². The number of hydrogen-bond donors (Lipinski definition) is 2. The van der Waals surface area contributed by atoms with Crippen LogP contribution in [0.5, 0.6) is 0 Å². The van der Waals surface area contributed by atoms with E-state index in [-0.39, 0.29) is 24.0 Å². The lowest BCUT2D eigenvalue weighted by Gasteiger charge is -2.31. The van der Waals surface area contributed by atoms with Gasteiger partial charge in [0.2, 0.25) is 0 Å². The zero-order valence-corrected chi connectivity index (χ0v) is 18.0. The summed E-state index contributed by atoms with van der Waals surface area (Å²) in [5.41, 5.74) is 9.82. The average molecular weight is 470 g/mol. The third-order valence-electron chi connectivity index (χ3n) is 4.62. The topological polar surface area (TPSA) is 53.6 Å². The number of rotatable bonds is 5. The monoisotopic (exact) mass is 470 g/mol. The van der Waals surface area contributed by atoms with E-state index in [1.54, 1.807) is 4.88 Å². The maximum Gasteiger partial charge on any atom is 0.193 e. The maximum absolute atomic E-state index is 6.04. The highest BCUT2D eigenvalue weighted by Gasteiger charge is 2.21. The Balaban J connectivity index is 0.00000225. The first-order valence-corrected chi connectivity index (χ1v) is 9.49. The molecule has 3 rings (SSSR count). The van der Waals surface area contributed by atoms with E-state index in [0.717, 1.165) is 31.6 Å². The van der Waals surface area contributed by atoms with Crippen LogP contribution in [-0.4, -0.2) is 30.0 Å². The molecule has 25 heavy (non-hydrogen) atoms. The molecule has 1 aromatic carbocycles. The molecule has 0 radical (unpaired) electrons. The molecule has 2 heterocycles. The van der Waals surface area contributed by atoms with Crippen LogP contribution in [0.3, 0.4) is 0 Å². The maximum atomic E-state index is 6.04. The molecule has 1 aliphatic rings. The minimum absolute atomic E-state index is 0. The predicted molar refractivity (Wildman–Crippen MR) is 119 cm³/mol. The number of thiophene rings is 1. The molecule has 0 aliphatic carbocycles. The third-order valence-corrected chi connectivity index (χ3v) is 5.64. The first-order chi connectivity index (χ1) is 11.7. The molecule has 6 heteroatoms. The Bertz CT molecular complexity index is 696. The second-order valence-corrected chi connectivity index (χ2v) is 7.34. The van der Waals surface area contributed by atoms with Crippen LogP contribution in [0.1, 0.15) is 29.9 Å². The van der Waals surface area contributed by atoms with E-state index in [4.69, 9.17) is 5.73 Å². The van der Waals surface area contributed by atoms with E-state index < -0.39 is 0 Å². The molecule has 0 saturated carbocycles. The summed E-state index contributed by atoms with van der Waals surface area (Å²) >= 11 is 1.88. The normalized spacial score (nSPS) is 16.0. The van der Waals surface area contributed by atoms with Gasteiger partial charge in [0, 0.05) is 29.7 Å². The van der Waals surface area contributed by atoms with E-state index in [2.05, 4.69) is 52.6 Å².